The number of hydrogen-bond donors (Lipinski definition) is 1. The molecule has 1 atom stereocenters. The van der Waals surface area contributed by atoms with Gasteiger partial charge in [-0.2, -0.15) is 0 Å². The molecule has 0 bridgehead atoms. The minimum absolute atomic E-state index is 0.193. The Bertz CT molecular complexity index is 780. The summed E-state index contributed by atoms with van der Waals surface area (Å²) in [5.74, 6) is -0.383. The molecule has 0 aliphatic carbocycles. The minimum Gasteiger partial charge on any atom is -0.369 e. The summed E-state index contributed by atoms with van der Waals surface area (Å²) >= 11 is 0. The van der Waals surface area contributed by atoms with Gasteiger partial charge in [0.05, 0.1) is 17.1 Å². The summed E-state index contributed by atoms with van der Waals surface area (Å²) in [6.45, 7) is 1.90. The number of fused-ring (bicyclic) bond motifs is 1. The van der Waals surface area contributed by atoms with Crippen molar-refractivity contribution >= 4 is 17.0 Å². The van der Waals surface area contributed by atoms with Gasteiger partial charge < -0.3 is 10.3 Å². The first-order valence-electron chi connectivity index (χ1n) is 6.24. The molecule has 3 rings (SSSR count). The van der Waals surface area contributed by atoms with Gasteiger partial charge in [0.15, 0.2) is 0 Å². The third-order valence-corrected chi connectivity index (χ3v) is 3.40. The van der Waals surface area contributed by atoms with E-state index < -0.39 is 0 Å². The number of rotatable bonds is 2. The summed E-state index contributed by atoms with van der Waals surface area (Å²) in [6, 6.07) is 10.4. The van der Waals surface area contributed by atoms with Gasteiger partial charge in [0.1, 0.15) is 11.6 Å². The van der Waals surface area contributed by atoms with Crippen molar-refractivity contribution < 1.29 is 8.78 Å². The van der Waals surface area contributed by atoms with Gasteiger partial charge in [-0.3, -0.25) is 0 Å². The predicted octanol–water partition coefficient (Wildman–Crippen LogP) is 3.51. The highest BCUT2D eigenvalue weighted by Gasteiger charge is 2.16. The lowest BCUT2D eigenvalue weighted by molar-refractivity contribution is 0.612. The van der Waals surface area contributed by atoms with Crippen molar-refractivity contribution in [2.24, 2.45) is 0 Å². The molecule has 2 aromatic carbocycles. The van der Waals surface area contributed by atoms with Gasteiger partial charge in [-0.05, 0) is 36.8 Å². The Hall–Kier alpha value is -2.43. The number of halogens is 2. The molecule has 102 valence electrons. The zero-order chi connectivity index (χ0) is 14.3. The summed E-state index contributed by atoms with van der Waals surface area (Å²) in [5, 5.41) is 0. The van der Waals surface area contributed by atoms with Gasteiger partial charge in [0.25, 0.3) is 0 Å². The smallest absolute Gasteiger partial charge is 0.201 e. The molecule has 0 spiro atoms. The zero-order valence-electron chi connectivity index (χ0n) is 10.8. The van der Waals surface area contributed by atoms with E-state index in [9.17, 15) is 8.78 Å². The van der Waals surface area contributed by atoms with Crippen LogP contribution >= 0.6 is 0 Å². The molecule has 1 aromatic heterocycles. The lowest BCUT2D eigenvalue weighted by atomic mass is 10.1. The van der Waals surface area contributed by atoms with E-state index in [0.29, 0.717) is 5.52 Å². The van der Waals surface area contributed by atoms with Crippen molar-refractivity contribution in [2.45, 2.75) is 13.0 Å². The van der Waals surface area contributed by atoms with Crippen LogP contribution in [0.4, 0.5) is 14.7 Å². The van der Waals surface area contributed by atoms with Gasteiger partial charge >= 0.3 is 0 Å². The van der Waals surface area contributed by atoms with E-state index >= 15 is 0 Å². The van der Waals surface area contributed by atoms with E-state index in [1.54, 1.807) is 16.7 Å². The van der Waals surface area contributed by atoms with Crippen LogP contribution in [0, 0.1) is 11.6 Å². The topological polar surface area (TPSA) is 43.8 Å². The first-order valence-corrected chi connectivity index (χ1v) is 6.24. The number of aromatic nitrogens is 2. The van der Waals surface area contributed by atoms with Crippen molar-refractivity contribution in [3.8, 4) is 0 Å². The minimum atomic E-state index is -0.361. The number of anilines is 1. The van der Waals surface area contributed by atoms with Crippen LogP contribution in [0.1, 0.15) is 18.5 Å². The second kappa shape index (κ2) is 4.59. The molecule has 2 N–H and O–H groups in total. The number of nitrogens with zero attached hydrogens (tertiary/aromatic N) is 2. The number of nitrogen functional groups attached to an aromatic ring is 1. The number of nitrogens with two attached hydrogens (primary N) is 1. The van der Waals surface area contributed by atoms with Crippen LogP contribution in [0.25, 0.3) is 11.0 Å². The van der Waals surface area contributed by atoms with Crippen LogP contribution in [0.3, 0.4) is 0 Å². The fourth-order valence-electron chi connectivity index (χ4n) is 2.41. The average Bonchev–Trinajstić information content (AvgIpc) is 2.73. The molecule has 0 amide bonds. The molecule has 0 aliphatic heterocycles. The zero-order valence-corrected chi connectivity index (χ0v) is 10.8. The maximum Gasteiger partial charge on any atom is 0.201 e. The highest BCUT2D eigenvalue weighted by atomic mass is 19.1. The van der Waals surface area contributed by atoms with Gasteiger partial charge in [-0.1, -0.05) is 12.1 Å². The van der Waals surface area contributed by atoms with E-state index in [0.717, 1.165) is 11.1 Å². The molecule has 3 nitrogen and oxygen atoms in total. The van der Waals surface area contributed by atoms with Crippen LogP contribution in [0.2, 0.25) is 0 Å². The van der Waals surface area contributed by atoms with E-state index in [1.807, 2.05) is 13.0 Å². The third-order valence-electron chi connectivity index (χ3n) is 3.40. The summed E-state index contributed by atoms with van der Waals surface area (Å²) < 4.78 is 28.3. The van der Waals surface area contributed by atoms with Crippen LogP contribution < -0.4 is 5.73 Å². The monoisotopic (exact) mass is 273 g/mol. The van der Waals surface area contributed by atoms with Crippen LogP contribution in [-0.4, -0.2) is 9.55 Å². The quantitative estimate of drug-likeness (QED) is 0.776. The Kier molecular flexibility index (Phi) is 2.89. The Morgan fingerprint density at radius 1 is 1.10 bits per heavy atom. The Labute approximate surface area is 114 Å². The van der Waals surface area contributed by atoms with E-state index in [-0.39, 0.29) is 23.6 Å². The van der Waals surface area contributed by atoms with Crippen molar-refractivity contribution in [2.75, 3.05) is 5.73 Å². The molecular weight excluding hydrogens is 260 g/mol. The van der Waals surface area contributed by atoms with E-state index in [4.69, 9.17) is 5.73 Å². The van der Waals surface area contributed by atoms with Crippen molar-refractivity contribution in [1.29, 1.82) is 0 Å². The lowest BCUT2D eigenvalue weighted by Crippen LogP contribution is -2.10. The fourth-order valence-corrected chi connectivity index (χ4v) is 2.41. The Morgan fingerprint density at radius 2 is 1.85 bits per heavy atom. The Morgan fingerprint density at radius 3 is 2.60 bits per heavy atom. The third kappa shape index (κ3) is 2.01. The number of imidazole rings is 1. The second-order valence-electron chi connectivity index (χ2n) is 4.70. The molecule has 0 saturated carbocycles. The van der Waals surface area contributed by atoms with Crippen LogP contribution in [-0.2, 0) is 0 Å². The average molecular weight is 273 g/mol. The molecule has 0 radical (unpaired) electrons. The molecule has 0 saturated heterocycles. The maximum atomic E-state index is 13.3. The highest BCUT2D eigenvalue weighted by molar-refractivity contribution is 5.78. The normalized spacial score (nSPS) is 12.8. The van der Waals surface area contributed by atoms with Gasteiger partial charge in [0.2, 0.25) is 5.95 Å². The van der Waals surface area contributed by atoms with Crippen LogP contribution in [0.5, 0.6) is 0 Å². The van der Waals surface area contributed by atoms with E-state index in [1.165, 1.54) is 24.3 Å². The summed E-state index contributed by atoms with van der Waals surface area (Å²) in [4.78, 5) is 4.15. The maximum absolute atomic E-state index is 13.3. The molecule has 0 aliphatic rings. The summed E-state index contributed by atoms with van der Waals surface area (Å²) in [7, 11) is 0. The standard InChI is InChI=1S/C15H13F2N3/c1-9(10-3-2-4-11(16)7-10)20-14-6-5-12(17)8-13(14)19-15(20)18/h2-9H,1H3,(H2,18,19). The largest absolute Gasteiger partial charge is 0.369 e. The fraction of sp³-hybridized carbons (Fsp3) is 0.133. The molecule has 0 fully saturated rings. The first-order chi connectivity index (χ1) is 9.56. The lowest BCUT2D eigenvalue weighted by Gasteiger charge is -2.16. The summed E-state index contributed by atoms with van der Waals surface area (Å²) in [6.07, 6.45) is 0. The second-order valence-corrected chi connectivity index (χ2v) is 4.70. The Balaban J connectivity index is 2.16. The molecule has 1 unspecified atom stereocenters. The van der Waals surface area contributed by atoms with Gasteiger partial charge in [-0.25, -0.2) is 13.8 Å². The van der Waals surface area contributed by atoms with Gasteiger partial charge in [0, 0.05) is 6.07 Å². The van der Waals surface area contributed by atoms with E-state index in [2.05, 4.69) is 4.98 Å². The molecule has 20 heavy (non-hydrogen) atoms. The van der Waals surface area contributed by atoms with Crippen molar-refractivity contribution in [3.63, 3.8) is 0 Å². The van der Waals surface area contributed by atoms with Crippen molar-refractivity contribution in [1.82, 2.24) is 9.55 Å². The molecular formula is C15H13F2N3. The predicted molar refractivity (Wildman–Crippen MR) is 74.3 cm³/mol. The number of hydrogen-bond acceptors (Lipinski definition) is 2. The van der Waals surface area contributed by atoms with Crippen molar-refractivity contribution in [3.05, 3.63) is 59.7 Å². The van der Waals surface area contributed by atoms with Crippen LogP contribution in [0.15, 0.2) is 42.5 Å². The SMILES string of the molecule is CC(c1cccc(F)c1)n1c(N)nc2cc(F)ccc21. The first kappa shape index (κ1) is 12.6. The number of benzene rings is 2. The van der Waals surface area contributed by atoms with Gasteiger partial charge in [-0.15, -0.1) is 0 Å². The molecule has 3 aromatic rings. The highest BCUT2D eigenvalue weighted by Crippen LogP contribution is 2.27. The molecule has 5 heteroatoms. The summed E-state index contributed by atoms with van der Waals surface area (Å²) in [5.41, 5.74) is 7.91. The molecule has 1 heterocycles.